The number of aromatic nitrogens is 3. The lowest BCUT2D eigenvalue weighted by molar-refractivity contribution is 1.19. The Bertz CT molecular complexity index is 2580. The number of rotatable bonds is 4. The van der Waals surface area contributed by atoms with Crippen LogP contribution in [0.1, 0.15) is 5.69 Å². The number of hydrogen-bond donors (Lipinski definition) is 0. The Morgan fingerprint density at radius 1 is 0.457 bits per heavy atom. The topological polar surface area (TPSA) is 30.7 Å². The van der Waals surface area contributed by atoms with E-state index in [9.17, 15) is 0 Å². The van der Waals surface area contributed by atoms with E-state index in [0.29, 0.717) is 0 Å². The molecule has 0 spiro atoms. The fourth-order valence-electron chi connectivity index (χ4n) is 6.81. The molecule has 9 aromatic rings. The minimum atomic E-state index is 0.942. The van der Waals surface area contributed by atoms with Gasteiger partial charge in [-0.1, -0.05) is 97.1 Å². The second-order valence-corrected chi connectivity index (χ2v) is 12.0. The van der Waals surface area contributed by atoms with Gasteiger partial charge in [0.15, 0.2) is 0 Å². The maximum atomic E-state index is 4.84. The van der Waals surface area contributed by atoms with Crippen LogP contribution in [0.15, 0.2) is 158 Å². The van der Waals surface area contributed by atoms with Gasteiger partial charge in [0.1, 0.15) is 0 Å². The molecule has 0 saturated carbocycles. The van der Waals surface area contributed by atoms with Crippen molar-refractivity contribution in [2.75, 3.05) is 0 Å². The first-order valence-electron chi connectivity index (χ1n) is 15.7. The molecule has 3 heterocycles. The number of aryl methyl sites for hydroxylation is 1. The Kier molecular flexibility index (Phi) is 6.04. The van der Waals surface area contributed by atoms with E-state index in [1.807, 2.05) is 31.3 Å². The van der Waals surface area contributed by atoms with Crippen LogP contribution >= 0.6 is 0 Å². The Hall–Kier alpha value is -6.06. The molecule has 9 rings (SSSR count). The van der Waals surface area contributed by atoms with Crippen LogP contribution in [-0.2, 0) is 0 Å². The summed E-state index contributed by atoms with van der Waals surface area (Å²) >= 11 is 0. The summed E-state index contributed by atoms with van der Waals surface area (Å²) in [5.74, 6) is 0. The van der Waals surface area contributed by atoms with E-state index in [1.54, 1.807) is 0 Å². The minimum Gasteiger partial charge on any atom is -0.309 e. The van der Waals surface area contributed by atoms with Gasteiger partial charge in [0, 0.05) is 44.9 Å². The van der Waals surface area contributed by atoms with Gasteiger partial charge < -0.3 is 4.57 Å². The maximum absolute atomic E-state index is 4.84. The average molecular weight is 588 g/mol. The van der Waals surface area contributed by atoms with E-state index >= 15 is 0 Å². The second-order valence-electron chi connectivity index (χ2n) is 12.0. The fourth-order valence-corrected chi connectivity index (χ4v) is 6.81. The van der Waals surface area contributed by atoms with Crippen molar-refractivity contribution in [3.63, 3.8) is 0 Å². The number of nitrogens with zero attached hydrogens (tertiary/aromatic N) is 3. The first-order valence-corrected chi connectivity index (χ1v) is 15.7. The lowest BCUT2D eigenvalue weighted by Gasteiger charge is -2.11. The minimum absolute atomic E-state index is 0.942. The van der Waals surface area contributed by atoms with E-state index in [0.717, 1.165) is 33.9 Å². The number of para-hydroxylation sites is 1. The van der Waals surface area contributed by atoms with E-state index < -0.39 is 0 Å². The van der Waals surface area contributed by atoms with Gasteiger partial charge in [-0.2, -0.15) is 0 Å². The second kappa shape index (κ2) is 10.5. The van der Waals surface area contributed by atoms with Crippen molar-refractivity contribution in [2.24, 2.45) is 0 Å². The SMILES string of the molecule is Cc1cccc(-c2ccc(-c3ccc4c(ccc5c6ccc(-c7ccc8ccccc8c7)cc6n(-c6ccccc6)c45)c3)nc2)n1. The molecule has 3 aromatic heterocycles. The van der Waals surface area contributed by atoms with Crippen LogP contribution in [0.4, 0.5) is 0 Å². The summed E-state index contributed by atoms with van der Waals surface area (Å²) in [6.07, 6.45) is 1.92. The van der Waals surface area contributed by atoms with Gasteiger partial charge in [0.2, 0.25) is 0 Å². The van der Waals surface area contributed by atoms with Crippen molar-refractivity contribution in [1.82, 2.24) is 14.5 Å². The third kappa shape index (κ3) is 4.36. The molecule has 0 N–H and O–H groups in total. The highest BCUT2D eigenvalue weighted by molar-refractivity contribution is 6.19. The van der Waals surface area contributed by atoms with Crippen molar-refractivity contribution < 1.29 is 0 Å². The summed E-state index contributed by atoms with van der Waals surface area (Å²) in [7, 11) is 0. The Balaban J connectivity index is 1.21. The molecule has 0 aliphatic carbocycles. The molecule has 0 amide bonds. The van der Waals surface area contributed by atoms with Gasteiger partial charge in [0.25, 0.3) is 0 Å². The van der Waals surface area contributed by atoms with Gasteiger partial charge in [-0.05, 0) is 88.8 Å². The number of pyridine rings is 2. The molecule has 46 heavy (non-hydrogen) atoms. The van der Waals surface area contributed by atoms with E-state index in [2.05, 4.69) is 143 Å². The van der Waals surface area contributed by atoms with Crippen LogP contribution < -0.4 is 0 Å². The van der Waals surface area contributed by atoms with Gasteiger partial charge in [0.05, 0.1) is 22.4 Å². The highest BCUT2D eigenvalue weighted by Crippen LogP contribution is 2.39. The molecule has 6 aromatic carbocycles. The highest BCUT2D eigenvalue weighted by atomic mass is 15.0. The standard InChI is InChI=1S/C43H29N3/c1-28-8-7-13-41(45-28)35-19-23-40(44-27-35)34-18-20-37-33(25-34)17-22-39-38-21-16-32(31-15-14-29-9-5-6-10-30(29)24-31)26-42(38)46(43(37)39)36-11-3-2-4-12-36/h2-27H,1H3. The van der Waals surface area contributed by atoms with Crippen LogP contribution in [0, 0.1) is 6.92 Å². The summed E-state index contributed by atoms with van der Waals surface area (Å²) < 4.78 is 2.43. The molecule has 0 fully saturated rings. The van der Waals surface area contributed by atoms with E-state index in [-0.39, 0.29) is 0 Å². The number of benzene rings is 6. The molecule has 216 valence electrons. The lowest BCUT2D eigenvalue weighted by Crippen LogP contribution is -1.94. The molecule has 0 atom stereocenters. The zero-order valence-electron chi connectivity index (χ0n) is 25.4. The normalized spacial score (nSPS) is 11.6. The molecule has 0 bridgehead atoms. The molecular weight excluding hydrogens is 558 g/mol. The fraction of sp³-hybridized carbons (Fsp3) is 0.0233. The number of hydrogen-bond acceptors (Lipinski definition) is 2. The van der Waals surface area contributed by atoms with Gasteiger partial charge >= 0.3 is 0 Å². The van der Waals surface area contributed by atoms with Crippen molar-refractivity contribution in [3.05, 3.63) is 164 Å². The summed E-state index contributed by atoms with van der Waals surface area (Å²) in [5.41, 5.74) is 11.0. The summed E-state index contributed by atoms with van der Waals surface area (Å²) in [6, 6.07) is 54.4. The average Bonchev–Trinajstić information content (AvgIpc) is 3.46. The molecule has 0 radical (unpaired) electrons. The van der Waals surface area contributed by atoms with Crippen LogP contribution in [0.3, 0.4) is 0 Å². The third-order valence-corrected chi connectivity index (χ3v) is 9.08. The predicted molar refractivity (Wildman–Crippen MR) is 192 cm³/mol. The van der Waals surface area contributed by atoms with Crippen LogP contribution in [0.5, 0.6) is 0 Å². The predicted octanol–water partition coefficient (Wildman–Crippen LogP) is 11.2. The maximum Gasteiger partial charge on any atom is 0.0720 e. The Morgan fingerprint density at radius 3 is 2.00 bits per heavy atom. The van der Waals surface area contributed by atoms with E-state index in [1.165, 1.54) is 54.5 Å². The highest BCUT2D eigenvalue weighted by Gasteiger charge is 2.17. The van der Waals surface area contributed by atoms with Crippen molar-refractivity contribution in [1.29, 1.82) is 0 Å². The third-order valence-electron chi connectivity index (χ3n) is 9.08. The van der Waals surface area contributed by atoms with Crippen molar-refractivity contribution in [3.8, 4) is 39.3 Å². The summed E-state index contributed by atoms with van der Waals surface area (Å²) in [6.45, 7) is 2.01. The number of fused-ring (bicyclic) bond motifs is 6. The molecule has 0 unspecified atom stereocenters. The van der Waals surface area contributed by atoms with Crippen molar-refractivity contribution >= 4 is 43.4 Å². The summed E-state index contributed by atoms with van der Waals surface area (Å²) in [5, 5.41) is 7.40. The van der Waals surface area contributed by atoms with Gasteiger partial charge in [-0.15, -0.1) is 0 Å². The first-order chi connectivity index (χ1) is 22.7. The smallest absolute Gasteiger partial charge is 0.0720 e. The van der Waals surface area contributed by atoms with Crippen molar-refractivity contribution in [2.45, 2.75) is 6.92 Å². The molecular formula is C43H29N3. The van der Waals surface area contributed by atoms with Crippen LogP contribution in [0.2, 0.25) is 0 Å². The largest absolute Gasteiger partial charge is 0.309 e. The Morgan fingerprint density at radius 2 is 1.15 bits per heavy atom. The first kappa shape index (κ1) is 26.4. The zero-order chi connectivity index (χ0) is 30.6. The quantitative estimate of drug-likeness (QED) is 0.205. The van der Waals surface area contributed by atoms with Gasteiger partial charge in [-0.25, -0.2) is 0 Å². The van der Waals surface area contributed by atoms with E-state index in [4.69, 9.17) is 4.98 Å². The Labute approximate surface area is 267 Å². The van der Waals surface area contributed by atoms with Crippen LogP contribution in [-0.4, -0.2) is 14.5 Å². The monoisotopic (exact) mass is 587 g/mol. The molecule has 0 aliphatic rings. The molecule has 0 aliphatic heterocycles. The molecule has 3 heteroatoms. The lowest BCUT2D eigenvalue weighted by atomic mass is 9.99. The van der Waals surface area contributed by atoms with Crippen LogP contribution in [0.25, 0.3) is 82.7 Å². The molecule has 0 saturated heterocycles. The zero-order valence-corrected chi connectivity index (χ0v) is 25.4. The molecule has 3 nitrogen and oxygen atoms in total. The van der Waals surface area contributed by atoms with Gasteiger partial charge in [-0.3, -0.25) is 9.97 Å². The summed E-state index contributed by atoms with van der Waals surface area (Å²) in [4.78, 5) is 9.50.